The van der Waals surface area contributed by atoms with Crippen LogP contribution < -0.4 is 0 Å². The minimum absolute atomic E-state index is 0.0748. The standard InChI is InChI=1S/C22H30N2O/c1-4-24(5-2)21(25)20-9-8-19-18-7-6-15-14-23-13-11-16(15)17(18)10-12-22(19,20)3/h9,11,13-14,17-19H,4-8,10,12H2,1-3H3/t17-,18-,19+,22+/m1/s1. The van der Waals surface area contributed by atoms with Gasteiger partial charge in [-0.05, 0) is 80.9 Å². The molecule has 3 aliphatic carbocycles. The molecule has 0 radical (unpaired) electrons. The summed E-state index contributed by atoms with van der Waals surface area (Å²) in [6.07, 6.45) is 12.1. The van der Waals surface area contributed by atoms with Crippen LogP contribution in [0.25, 0.3) is 0 Å². The molecule has 1 aromatic rings. The van der Waals surface area contributed by atoms with Gasteiger partial charge in [0, 0.05) is 36.5 Å². The predicted molar refractivity (Wildman–Crippen MR) is 100 cm³/mol. The van der Waals surface area contributed by atoms with Crippen LogP contribution >= 0.6 is 0 Å². The maximum Gasteiger partial charge on any atom is 0.250 e. The second-order valence-electron chi connectivity index (χ2n) is 8.28. The third-order valence-corrected chi connectivity index (χ3v) is 7.39. The number of aromatic nitrogens is 1. The number of hydrogen-bond donors (Lipinski definition) is 0. The van der Waals surface area contributed by atoms with Crippen molar-refractivity contribution in [1.29, 1.82) is 0 Å². The summed E-state index contributed by atoms with van der Waals surface area (Å²) in [5.41, 5.74) is 4.18. The van der Waals surface area contributed by atoms with Gasteiger partial charge in [0.1, 0.15) is 0 Å². The van der Waals surface area contributed by atoms with Gasteiger partial charge < -0.3 is 4.90 Å². The van der Waals surface area contributed by atoms with Crippen molar-refractivity contribution in [3.05, 3.63) is 41.2 Å². The molecule has 1 heterocycles. The zero-order valence-corrected chi connectivity index (χ0v) is 15.8. The molecule has 4 rings (SSSR count). The van der Waals surface area contributed by atoms with Crippen LogP contribution in [-0.4, -0.2) is 28.9 Å². The number of pyridine rings is 1. The maximum absolute atomic E-state index is 13.1. The van der Waals surface area contributed by atoms with Crippen LogP contribution in [0.15, 0.2) is 30.1 Å². The number of allylic oxidation sites excluding steroid dienone is 1. The summed E-state index contributed by atoms with van der Waals surface area (Å²) in [4.78, 5) is 19.4. The van der Waals surface area contributed by atoms with Crippen molar-refractivity contribution in [1.82, 2.24) is 9.88 Å². The van der Waals surface area contributed by atoms with Crippen molar-refractivity contribution in [2.75, 3.05) is 13.1 Å². The van der Waals surface area contributed by atoms with Crippen molar-refractivity contribution >= 4 is 5.91 Å². The molecule has 3 heteroatoms. The third-order valence-electron chi connectivity index (χ3n) is 7.39. The summed E-state index contributed by atoms with van der Waals surface area (Å²) in [5.74, 6) is 2.30. The van der Waals surface area contributed by atoms with E-state index in [4.69, 9.17) is 0 Å². The van der Waals surface area contributed by atoms with Crippen LogP contribution in [0.3, 0.4) is 0 Å². The van der Waals surface area contributed by atoms with Gasteiger partial charge in [0.05, 0.1) is 0 Å². The Morgan fingerprint density at radius 2 is 2.12 bits per heavy atom. The van der Waals surface area contributed by atoms with Crippen LogP contribution in [0.4, 0.5) is 0 Å². The SMILES string of the molecule is CCN(CC)C(=O)C1=CC[C@H]2[C@@H]3CCc4cnccc4[C@H]3CC[C@]12C. The molecule has 1 fully saturated rings. The van der Waals surface area contributed by atoms with E-state index in [9.17, 15) is 4.79 Å². The summed E-state index contributed by atoms with van der Waals surface area (Å²) < 4.78 is 0. The number of fused-ring (bicyclic) bond motifs is 5. The molecule has 0 spiro atoms. The van der Waals surface area contributed by atoms with E-state index in [1.807, 2.05) is 11.1 Å². The van der Waals surface area contributed by atoms with E-state index < -0.39 is 0 Å². The molecule has 0 saturated heterocycles. The normalized spacial score (nSPS) is 33.1. The predicted octanol–water partition coefficient (Wildman–Crippen LogP) is 4.34. The lowest BCUT2D eigenvalue weighted by atomic mass is 9.54. The quantitative estimate of drug-likeness (QED) is 0.821. The summed E-state index contributed by atoms with van der Waals surface area (Å²) in [6.45, 7) is 8.15. The van der Waals surface area contributed by atoms with Gasteiger partial charge in [-0.3, -0.25) is 9.78 Å². The van der Waals surface area contributed by atoms with Crippen molar-refractivity contribution < 1.29 is 4.79 Å². The van der Waals surface area contributed by atoms with Crippen LogP contribution in [-0.2, 0) is 11.2 Å². The highest BCUT2D eigenvalue weighted by atomic mass is 16.2. The van der Waals surface area contributed by atoms with Crippen molar-refractivity contribution in [2.45, 2.75) is 58.8 Å². The third kappa shape index (κ3) is 2.46. The second kappa shape index (κ2) is 6.26. The van der Waals surface area contributed by atoms with Gasteiger partial charge in [-0.1, -0.05) is 13.0 Å². The average Bonchev–Trinajstić information content (AvgIpc) is 2.99. The number of nitrogens with zero attached hydrogens (tertiary/aromatic N) is 2. The first kappa shape index (κ1) is 16.8. The molecule has 1 amide bonds. The molecule has 0 aliphatic heterocycles. The number of amides is 1. The lowest BCUT2D eigenvalue weighted by Crippen LogP contribution is -2.44. The van der Waals surface area contributed by atoms with E-state index >= 15 is 0 Å². The van der Waals surface area contributed by atoms with E-state index in [1.54, 1.807) is 0 Å². The Morgan fingerprint density at radius 1 is 1.32 bits per heavy atom. The van der Waals surface area contributed by atoms with Crippen LogP contribution in [0.2, 0.25) is 0 Å². The highest BCUT2D eigenvalue weighted by molar-refractivity contribution is 5.95. The number of aryl methyl sites for hydroxylation is 1. The van der Waals surface area contributed by atoms with Crippen LogP contribution in [0, 0.1) is 17.3 Å². The molecular formula is C22H30N2O. The number of likely N-dealkylation sites (N-methyl/N-ethyl adjacent to an activating group) is 1. The Kier molecular flexibility index (Phi) is 4.21. The zero-order valence-electron chi connectivity index (χ0n) is 15.8. The molecule has 4 atom stereocenters. The largest absolute Gasteiger partial charge is 0.339 e. The Bertz CT molecular complexity index is 706. The molecule has 3 aliphatic rings. The summed E-state index contributed by atoms with van der Waals surface area (Å²) in [7, 11) is 0. The summed E-state index contributed by atoms with van der Waals surface area (Å²) in [6, 6.07) is 2.25. The van der Waals surface area contributed by atoms with E-state index in [0.717, 1.165) is 37.9 Å². The van der Waals surface area contributed by atoms with E-state index in [2.05, 4.69) is 44.1 Å². The minimum Gasteiger partial charge on any atom is -0.339 e. The summed E-state index contributed by atoms with van der Waals surface area (Å²) >= 11 is 0. The van der Waals surface area contributed by atoms with Gasteiger partial charge in [-0.15, -0.1) is 0 Å². The maximum atomic E-state index is 13.1. The molecule has 134 valence electrons. The highest BCUT2D eigenvalue weighted by Crippen LogP contribution is 2.61. The Morgan fingerprint density at radius 3 is 2.88 bits per heavy atom. The lowest BCUT2D eigenvalue weighted by molar-refractivity contribution is -0.128. The molecular weight excluding hydrogens is 308 g/mol. The minimum atomic E-state index is 0.0748. The molecule has 1 saturated carbocycles. The highest BCUT2D eigenvalue weighted by Gasteiger charge is 2.53. The van der Waals surface area contributed by atoms with Crippen LogP contribution in [0.5, 0.6) is 0 Å². The van der Waals surface area contributed by atoms with Crippen molar-refractivity contribution in [3.8, 4) is 0 Å². The van der Waals surface area contributed by atoms with Crippen LogP contribution in [0.1, 0.15) is 63.5 Å². The van der Waals surface area contributed by atoms with E-state index in [1.165, 1.54) is 24.0 Å². The first-order valence-electron chi connectivity index (χ1n) is 10.0. The van der Waals surface area contributed by atoms with Crippen molar-refractivity contribution in [2.24, 2.45) is 17.3 Å². The van der Waals surface area contributed by atoms with Crippen molar-refractivity contribution in [3.63, 3.8) is 0 Å². The second-order valence-corrected chi connectivity index (χ2v) is 8.28. The number of hydrogen-bond acceptors (Lipinski definition) is 2. The first-order chi connectivity index (χ1) is 12.1. The molecule has 0 unspecified atom stereocenters. The topological polar surface area (TPSA) is 33.2 Å². The van der Waals surface area contributed by atoms with Gasteiger partial charge in [-0.25, -0.2) is 0 Å². The Balaban J connectivity index is 1.62. The molecule has 0 N–H and O–H groups in total. The number of rotatable bonds is 3. The fourth-order valence-corrected chi connectivity index (χ4v) is 5.99. The molecule has 25 heavy (non-hydrogen) atoms. The van der Waals surface area contributed by atoms with Gasteiger partial charge in [-0.2, -0.15) is 0 Å². The van der Waals surface area contributed by atoms with Gasteiger partial charge in [0.15, 0.2) is 0 Å². The Labute approximate surface area is 151 Å². The molecule has 0 aromatic carbocycles. The smallest absolute Gasteiger partial charge is 0.250 e. The average molecular weight is 338 g/mol. The molecule has 1 aromatic heterocycles. The fraction of sp³-hybridized carbons (Fsp3) is 0.636. The monoisotopic (exact) mass is 338 g/mol. The number of carbonyl (C=O) groups is 1. The molecule has 3 nitrogen and oxygen atoms in total. The van der Waals surface area contributed by atoms with E-state index in [0.29, 0.717) is 17.8 Å². The van der Waals surface area contributed by atoms with Gasteiger partial charge >= 0.3 is 0 Å². The Hall–Kier alpha value is -1.64. The van der Waals surface area contributed by atoms with E-state index in [-0.39, 0.29) is 11.3 Å². The summed E-state index contributed by atoms with van der Waals surface area (Å²) in [5, 5.41) is 0. The van der Waals surface area contributed by atoms with Gasteiger partial charge in [0.25, 0.3) is 0 Å². The molecule has 0 bridgehead atoms. The zero-order chi connectivity index (χ0) is 17.6. The fourth-order valence-electron chi connectivity index (χ4n) is 5.99. The number of carbonyl (C=O) groups excluding carboxylic acids is 1. The van der Waals surface area contributed by atoms with Gasteiger partial charge in [0.2, 0.25) is 5.91 Å². The first-order valence-corrected chi connectivity index (χ1v) is 10.0. The lowest BCUT2D eigenvalue weighted by Gasteiger charge is -2.50.